The number of alkyl halides is 2. The van der Waals surface area contributed by atoms with E-state index in [9.17, 15) is 13.6 Å². The summed E-state index contributed by atoms with van der Waals surface area (Å²) in [5.74, 6) is -1.07. The number of rotatable bonds is 3. The van der Waals surface area contributed by atoms with Gasteiger partial charge in [-0.2, -0.15) is 0 Å². The van der Waals surface area contributed by atoms with Crippen molar-refractivity contribution >= 4 is 12.0 Å². The van der Waals surface area contributed by atoms with Crippen LogP contribution in [-0.4, -0.2) is 11.1 Å². The summed E-state index contributed by atoms with van der Waals surface area (Å²) in [7, 11) is 0. The summed E-state index contributed by atoms with van der Waals surface area (Å²) in [6.07, 6.45) is -0.192. The highest BCUT2D eigenvalue weighted by molar-refractivity contribution is 5.85. The summed E-state index contributed by atoms with van der Waals surface area (Å²) in [5.41, 5.74) is 0.509. The molecule has 1 aromatic rings. The Bertz CT molecular complexity index is 342. The Kier molecular flexibility index (Phi) is 3.34. The SMILES string of the molecule is O=C(O)C=Cc1ccc(C(F)F)cc1. The topological polar surface area (TPSA) is 37.3 Å². The molecule has 0 atom stereocenters. The predicted molar refractivity (Wildman–Crippen MR) is 48.1 cm³/mol. The second-order valence-electron chi connectivity index (χ2n) is 2.64. The zero-order valence-corrected chi connectivity index (χ0v) is 7.15. The molecule has 1 rings (SSSR count). The van der Waals surface area contributed by atoms with Crippen LogP contribution in [0.15, 0.2) is 30.3 Å². The molecule has 0 heterocycles. The van der Waals surface area contributed by atoms with E-state index in [4.69, 9.17) is 5.11 Å². The van der Waals surface area contributed by atoms with Crippen molar-refractivity contribution in [1.29, 1.82) is 0 Å². The molecule has 0 saturated heterocycles. The Balaban J connectivity index is 2.78. The lowest BCUT2D eigenvalue weighted by atomic mass is 10.1. The Morgan fingerprint density at radius 3 is 2.29 bits per heavy atom. The van der Waals surface area contributed by atoms with Gasteiger partial charge in [-0.1, -0.05) is 24.3 Å². The summed E-state index contributed by atoms with van der Waals surface area (Å²) in [5, 5.41) is 8.31. The lowest BCUT2D eigenvalue weighted by Gasteiger charge is -1.98. The Hall–Kier alpha value is -1.71. The van der Waals surface area contributed by atoms with Crippen LogP contribution in [0.5, 0.6) is 0 Å². The molecule has 0 saturated carbocycles. The predicted octanol–water partition coefficient (Wildman–Crippen LogP) is 2.72. The lowest BCUT2D eigenvalue weighted by molar-refractivity contribution is -0.131. The summed E-state index contributed by atoms with van der Waals surface area (Å²) >= 11 is 0. The normalized spacial score (nSPS) is 11.1. The first-order chi connectivity index (χ1) is 6.59. The van der Waals surface area contributed by atoms with E-state index in [1.165, 1.54) is 30.3 Å². The van der Waals surface area contributed by atoms with E-state index < -0.39 is 12.4 Å². The zero-order chi connectivity index (χ0) is 10.6. The van der Waals surface area contributed by atoms with Crippen LogP contribution in [0.1, 0.15) is 17.6 Å². The van der Waals surface area contributed by atoms with Crippen LogP contribution in [0, 0.1) is 0 Å². The molecule has 14 heavy (non-hydrogen) atoms. The highest BCUT2D eigenvalue weighted by Crippen LogP contribution is 2.18. The first kappa shape index (κ1) is 10.4. The van der Waals surface area contributed by atoms with Crippen molar-refractivity contribution in [2.75, 3.05) is 0 Å². The van der Waals surface area contributed by atoms with Gasteiger partial charge in [0.25, 0.3) is 6.43 Å². The molecular formula is C10H8F2O2. The minimum atomic E-state index is -2.49. The largest absolute Gasteiger partial charge is 0.478 e. The molecule has 0 radical (unpaired) electrons. The Labute approximate surface area is 79.5 Å². The van der Waals surface area contributed by atoms with Crippen molar-refractivity contribution in [2.45, 2.75) is 6.43 Å². The van der Waals surface area contributed by atoms with Gasteiger partial charge in [-0.3, -0.25) is 0 Å². The number of hydrogen-bond donors (Lipinski definition) is 1. The Morgan fingerprint density at radius 1 is 1.29 bits per heavy atom. The molecule has 1 N–H and O–H groups in total. The standard InChI is InChI=1S/C10H8F2O2/c11-10(12)8-4-1-7(2-5-8)3-6-9(13)14/h1-6,10H,(H,13,14). The van der Waals surface area contributed by atoms with Gasteiger partial charge < -0.3 is 5.11 Å². The number of halogens is 2. The first-order valence-electron chi connectivity index (χ1n) is 3.88. The van der Waals surface area contributed by atoms with Gasteiger partial charge in [0.1, 0.15) is 0 Å². The van der Waals surface area contributed by atoms with E-state index in [1.54, 1.807) is 0 Å². The summed E-state index contributed by atoms with van der Waals surface area (Å²) in [6.45, 7) is 0. The minimum absolute atomic E-state index is 0.0718. The average Bonchev–Trinajstić information content (AvgIpc) is 2.15. The maximum atomic E-state index is 12.1. The second kappa shape index (κ2) is 4.50. The molecule has 2 nitrogen and oxygen atoms in total. The molecule has 0 aliphatic rings. The number of benzene rings is 1. The maximum Gasteiger partial charge on any atom is 0.328 e. The van der Waals surface area contributed by atoms with Crippen molar-refractivity contribution in [3.05, 3.63) is 41.5 Å². The molecule has 0 aromatic heterocycles. The van der Waals surface area contributed by atoms with E-state index in [0.29, 0.717) is 5.56 Å². The molecular weight excluding hydrogens is 190 g/mol. The van der Waals surface area contributed by atoms with Crippen LogP contribution in [0.25, 0.3) is 6.08 Å². The molecule has 0 unspecified atom stereocenters. The fraction of sp³-hybridized carbons (Fsp3) is 0.100. The molecule has 4 heteroatoms. The van der Waals surface area contributed by atoms with Gasteiger partial charge in [-0.15, -0.1) is 0 Å². The zero-order valence-electron chi connectivity index (χ0n) is 7.15. The molecule has 0 bridgehead atoms. The minimum Gasteiger partial charge on any atom is -0.478 e. The van der Waals surface area contributed by atoms with Crippen LogP contribution >= 0.6 is 0 Å². The van der Waals surface area contributed by atoms with Crippen molar-refractivity contribution in [3.8, 4) is 0 Å². The summed E-state index contributed by atoms with van der Waals surface area (Å²) in [6, 6.07) is 5.43. The molecule has 0 aliphatic heterocycles. The highest BCUT2D eigenvalue weighted by Gasteiger charge is 2.04. The number of carboxylic acids is 1. The van der Waals surface area contributed by atoms with E-state index in [1.807, 2.05) is 0 Å². The van der Waals surface area contributed by atoms with Crippen molar-refractivity contribution < 1.29 is 18.7 Å². The van der Waals surface area contributed by atoms with E-state index >= 15 is 0 Å². The lowest BCUT2D eigenvalue weighted by Crippen LogP contribution is -1.86. The number of carbonyl (C=O) groups is 1. The summed E-state index contributed by atoms with van der Waals surface area (Å²) < 4.78 is 24.2. The molecule has 1 aromatic carbocycles. The van der Waals surface area contributed by atoms with Gasteiger partial charge in [0, 0.05) is 11.6 Å². The van der Waals surface area contributed by atoms with Gasteiger partial charge in [0.15, 0.2) is 0 Å². The van der Waals surface area contributed by atoms with Crippen molar-refractivity contribution in [2.24, 2.45) is 0 Å². The van der Waals surface area contributed by atoms with Crippen LogP contribution in [0.4, 0.5) is 8.78 Å². The van der Waals surface area contributed by atoms with Gasteiger partial charge in [0.05, 0.1) is 0 Å². The third-order valence-corrected chi connectivity index (χ3v) is 1.61. The van der Waals surface area contributed by atoms with Gasteiger partial charge >= 0.3 is 5.97 Å². The van der Waals surface area contributed by atoms with Crippen molar-refractivity contribution in [3.63, 3.8) is 0 Å². The Morgan fingerprint density at radius 2 is 1.86 bits per heavy atom. The summed E-state index contributed by atoms with van der Waals surface area (Å²) in [4.78, 5) is 10.1. The fourth-order valence-electron chi connectivity index (χ4n) is 0.920. The molecule has 0 amide bonds. The van der Waals surface area contributed by atoms with Crippen LogP contribution in [-0.2, 0) is 4.79 Å². The third kappa shape index (κ3) is 2.97. The van der Waals surface area contributed by atoms with Gasteiger partial charge in [-0.25, -0.2) is 13.6 Å². The monoisotopic (exact) mass is 198 g/mol. The van der Waals surface area contributed by atoms with E-state index in [0.717, 1.165) is 6.08 Å². The quantitative estimate of drug-likeness (QED) is 0.758. The fourth-order valence-corrected chi connectivity index (χ4v) is 0.920. The smallest absolute Gasteiger partial charge is 0.328 e. The average molecular weight is 198 g/mol. The van der Waals surface area contributed by atoms with Gasteiger partial charge in [0.2, 0.25) is 0 Å². The van der Waals surface area contributed by atoms with Crippen LogP contribution < -0.4 is 0 Å². The van der Waals surface area contributed by atoms with E-state index in [2.05, 4.69) is 0 Å². The first-order valence-corrected chi connectivity index (χ1v) is 3.88. The number of hydrogen-bond acceptors (Lipinski definition) is 1. The van der Waals surface area contributed by atoms with Crippen LogP contribution in [0.3, 0.4) is 0 Å². The molecule has 74 valence electrons. The van der Waals surface area contributed by atoms with Crippen LogP contribution in [0.2, 0.25) is 0 Å². The third-order valence-electron chi connectivity index (χ3n) is 1.61. The number of aliphatic carboxylic acids is 1. The number of carboxylic acid groups (broad SMARTS) is 1. The highest BCUT2D eigenvalue weighted by atomic mass is 19.3. The maximum absolute atomic E-state index is 12.1. The molecule has 0 spiro atoms. The second-order valence-corrected chi connectivity index (χ2v) is 2.64. The van der Waals surface area contributed by atoms with E-state index in [-0.39, 0.29) is 5.56 Å². The van der Waals surface area contributed by atoms with Crippen molar-refractivity contribution in [1.82, 2.24) is 0 Å². The van der Waals surface area contributed by atoms with Gasteiger partial charge in [-0.05, 0) is 11.6 Å². The molecule has 0 aliphatic carbocycles. The molecule has 0 fully saturated rings.